The lowest BCUT2D eigenvalue weighted by atomic mass is 9.91. The number of hydrogen-bond donors (Lipinski definition) is 1. The zero-order valence-corrected chi connectivity index (χ0v) is 12.0. The van der Waals surface area contributed by atoms with E-state index in [0.29, 0.717) is 25.0 Å². The Morgan fingerprint density at radius 2 is 1.67 bits per heavy atom. The van der Waals surface area contributed by atoms with Crippen molar-refractivity contribution < 1.29 is 4.74 Å². The van der Waals surface area contributed by atoms with Gasteiger partial charge in [-0.2, -0.15) is 0 Å². The summed E-state index contributed by atoms with van der Waals surface area (Å²) in [5, 5.41) is 0. The van der Waals surface area contributed by atoms with E-state index >= 15 is 0 Å². The van der Waals surface area contributed by atoms with Gasteiger partial charge >= 0.3 is 0 Å². The van der Waals surface area contributed by atoms with Crippen LogP contribution in [0.1, 0.15) is 56.2 Å². The second-order valence-corrected chi connectivity index (χ2v) is 5.22. The van der Waals surface area contributed by atoms with Crippen molar-refractivity contribution in [2.75, 3.05) is 6.61 Å². The van der Waals surface area contributed by atoms with Crippen molar-refractivity contribution in [1.82, 2.24) is 0 Å². The summed E-state index contributed by atoms with van der Waals surface area (Å²) in [7, 11) is 0. The maximum Gasteiger partial charge on any atom is 0.126 e. The number of rotatable bonds is 6. The molecule has 0 saturated heterocycles. The van der Waals surface area contributed by atoms with Crippen LogP contribution in [0.4, 0.5) is 0 Å². The van der Waals surface area contributed by atoms with E-state index in [1.807, 2.05) is 0 Å². The van der Waals surface area contributed by atoms with Gasteiger partial charge in [-0.3, -0.25) is 0 Å². The minimum Gasteiger partial charge on any atom is -0.489 e. The van der Waals surface area contributed by atoms with E-state index in [1.54, 1.807) is 6.08 Å². The number of nitrogens with two attached hydrogens (primary N) is 1. The summed E-state index contributed by atoms with van der Waals surface area (Å²) in [6.07, 6.45) is 1.78. The van der Waals surface area contributed by atoms with E-state index in [0.717, 1.165) is 5.75 Å². The van der Waals surface area contributed by atoms with Crippen molar-refractivity contribution in [1.29, 1.82) is 0 Å². The zero-order chi connectivity index (χ0) is 13.7. The first kappa shape index (κ1) is 14.8. The monoisotopic (exact) mass is 247 g/mol. The average molecular weight is 247 g/mol. The molecule has 0 aliphatic carbocycles. The van der Waals surface area contributed by atoms with E-state index in [2.05, 4.69) is 46.4 Å². The van der Waals surface area contributed by atoms with Crippen LogP contribution in [0.5, 0.6) is 5.75 Å². The fourth-order valence-corrected chi connectivity index (χ4v) is 2.02. The zero-order valence-electron chi connectivity index (χ0n) is 12.0. The number of ether oxygens (including phenoxy) is 1. The van der Waals surface area contributed by atoms with E-state index < -0.39 is 0 Å². The summed E-state index contributed by atoms with van der Waals surface area (Å²) in [4.78, 5) is 0. The van der Waals surface area contributed by atoms with Crippen LogP contribution < -0.4 is 10.5 Å². The van der Waals surface area contributed by atoms with Gasteiger partial charge in [0.05, 0.1) is 0 Å². The van der Waals surface area contributed by atoms with Gasteiger partial charge in [0.15, 0.2) is 0 Å². The molecule has 0 aromatic heterocycles. The summed E-state index contributed by atoms with van der Waals surface area (Å²) < 4.78 is 5.88. The maximum atomic E-state index is 5.88. The summed E-state index contributed by atoms with van der Waals surface area (Å²) >= 11 is 0. The van der Waals surface area contributed by atoms with Crippen molar-refractivity contribution in [2.45, 2.75) is 46.1 Å². The molecule has 0 amide bonds. The molecule has 0 aliphatic rings. The Labute approximate surface area is 111 Å². The van der Waals surface area contributed by atoms with Gasteiger partial charge in [-0.05, 0) is 28.5 Å². The normalized spacial score (nSPS) is 11.1. The Morgan fingerprint density at radius 3 is 2.00 bits per heavy atom. The van der Waals surface area contributed by atoms with E-state index in [4.69, 9.17) is 10.5 Å². The average Bonchev–Trinajstić information content (AvgIpc) is 2.34. The molecule has 1 rings (SSSR count). The highest BCUT2D eigenvalue weighted by Crippen LogP contribution is 2.35. The molecule has 0 atom stereocenters. The number of hydrogen-bond acceptors (Lipinski definition) is 2. The van der Waals surface area contributed by atoms with Crippen LogP contribution in [0.15, 0.2) is 24.8 Å². The van der Waals surface area contributed by atoms with Crippen molar-refractivity contribution in [2.24, 2.45) is 5.73 Å². The minimum atomic E-state index is 0.425. The van der Waals surface area contributed by atoms with Crippen LogP contribution in [0.2, 0.25) is 0 Å². The standard InChI is InChI=1S/C16H25NO/c1-6-7-18-16-14(11(2)3)8-13(10-17)9-15(16)12(4)5/h6,8-9,11-12H,1,7,10,17H2,2-5H3. The van der Waals surface area contributed by atoms with Gasteiger partial charge in [0.2, 0.25) is 0 Å². The van der Waals surface area contributed by atoms with Crippen LogP contribution in [0, 0.1) is 0 Å². The first-order valence-corrected chi connectivity index (χ1v) is 6.61. The molecule has 0 heterocycles. The van der Waals surface area contributed by atoms with E-state index in [-0.39, 0.29) is 0 Å². The summed E-state index contributed by atoms with van der Waals surface area (Å²) in [6, 6.07) is 4.32. The van der Waals surface area contributed by atoms with E-state index in [9.17, 15) is 0 Å². The Bertz CT molecular complexity index is 379. The van der Waals surface area contributed by atoms with Crippen LogP contribution in [0.25, 0.3) is 0 Å². The third kappa shape index (κ3) is 3.36. The molecular formula is C16H25NO. The summed E-state index contributed by atoms with van der Waals surface area (Å²) in [5.41, 5.74) is 9.43. The predicted molar refractivity (Wildman–Crippen MR) is 78.2 cm³/mol. The molecule has 2 nitrogen and oxygen atoms in total. The topological polar surface area (TPSA) is 35.2 Å². The summed E-state index contributed by atoms with van der Waals surface area (Å²) in [5.74, 6) is 1.86. The molecule has 100 valence electrons. The molecule has 0 bridgehead atoms. The van der Waals surface area contributed by atoms with Gasteiger partial charge in [0.25, 0.3) is 0 Å². The molecule has 0 spiro atoms. The molecule has 0 saturated carbocycles. The molecular weight excluding hydrogens is 222 g/mol. The quantitative estimate of drug-likeness (QED) is 0.772. The maximum absolute atomic E-state index is 5.88. The Kier molecular flexibility index (Phi) is 5.42. The number of benzene rings is 1. The Morgan fingerprint density at radius 1 is 1.17 bits per heavy atom. The van der Waals surface area contributed by atoms with Gasteiger partial charge < -0.3 is 10.5 Å². The van der Waals surface area contributed by atoms with Gasteiger partial charge in [0.1, 0.15) is 12.4 Å². The largest absolute Gasteiger partial charge is 0.489 e. The van der Waals surface area contributed by atoms with Gasteiger partial charge in [0, 0.05) is 6.54 Å². The second kappa shape index (κ2) is 6.60. The molecule has 0 aliphatic heterocycles. The smallest absolute Gasteiger partial charge is 0.126 e. The third-order valence-corrected chi connectivity index (χ3v) is 3.03. The van der Waals surface area contributed by atoms with Crippen LogP contribution >= 0.6 is 0 Å². The second-order valence-electron chi connectivity index (χ2n) is 5.22. The van der Waals surface area contributed by atoms with Gasteiger partial charge in [-0.1, -0.05) is 52.5 Å². The molecule has 0 radical (unpaired) electrons. The molecule has 1 aromatic carbocycles. The third-order valence-electron chi connectivity index (χ3n) is 3.03. The Hall–Kier alpha value is -1.28. The molecule has 18 heavy (non-hydrogen) atoms. The lowest BCUT2D eigenvalue weighted by Gasteiger charge is -2.21. The fraction of sp³-hybridized carbons (Fsp3) is 0.500. The molecule has 0 unspecified atom stereocenters. The SMILES string of the molecule is C=CCOc1c(C(C)C)cc(CN)cc1C(C)C. The van der Waals surface area contributed by atoms with Gasteiger partial charge in [-0.25, -0.2) is 0 Å². The van der Waals surface area contributed by atoms with Crippen LogP contribution in [-0.4, -0.2) is 6.61 Å². The molecule has 0 fully saturated rings. The lowest BCUT2D eigenvalue weighted by molar-refractivity contribution is 0.351. The highest BCUT2D eigenvalue weighted by molar-refractivity contribution is 5.48. The van der Waals surface area contributed by atoms with E-state index in [1.165, 1.54) is 16.7 Å². The van der Waals surface area contributed by atoms with Crippen molar-refractivity contribution in [3.63, 3.8) is 0 Å². The molecule has 2 N–H and O–H groups in total. The highest BCUT2D eigenvalue weighted by atomic mass is 16.5. The first-order chi connectivity index (χ1) is 8.51. The van der Waals surface area contributed by atoms with Crippen molar-refractivity contribution in [3.05, 3.63) is 41.5 Å². The first-order valence-electron chi connectivity index (χ1n) is 6.61. The summed E-state index contributed by atoms with van der Waals surface area (Å²) in [6.45, 7) is 13.6. The van der Waals surface area contributed by atoms with Crippen LogP contribution in [0.3, 0.4) is 0 Å². The predicted octanol–water partition coefficient (Wildman–Crippen LogP) is 3.96. The molecule has 2 heteroatoms. The van der Waals surface area contributed by atoms with Gasteiger partial charge in [-0.15, -0.1) is 0 Å². The van der Waals surface area contributed by atoms with Crippen LogP contribution in [-0.2, 0) is 6.54 Å². The fourth-order valence-electron chi connectivity index (χ4n) is 2.02. The minimum absolute atomic E-state index is 0.425. The highest BCUT2D eigenvalue weighted by Gasteiger charge is 2.16. The Balaban J connectivity index is 3.34. The lowest BCUT2D eigenvalue weighted by Crippen LogP contribution is -2.07. The van der Waals surface area contributed by atoms with Crippen molar-refractivity contribution in [3.8, 4) is 5.75 Å². The molecule has 1 aromatic rings. The van der Waals surface area contributed by atoms with Crippen molar-refractivity contribution >= 4 is 0 Å².